The van der Waals surface area contributed by atoms with Crippen LogP contribution < -0.4 is 0 Å². The molecule has 1 nitrogen and oxygen atoms in total. The van der Waals surface area contributed by atoms with Gasteiger partial charge in [-0.15, -0.1) is 11.3 Å². The summed E-state index contributed by atoms with van der Waals surface area (Å²) >= 11 is 1.77. The van der Waals surface area contributed by atoms with E-state index < -0.39 is 0 Å². The number of aromatic nitrogens is 1. The minimum absolute atomic E-state index is 1.14. The molecule has 0 bridgehead atoms. The second-order valence-electron chi connectivity index (χ2n) is 4.45. The summed E-state index contributed by atoms with van der Waals surface area (Å²) in [4.78, 5) is 4.40. The molecule has 0 aliphatic heterocycles. The standard InChI is InChI=1S/C15H11NS/c1-2-4-11-10(3-1)5-6-13-12(11)7-8-14-15(13)17-9-16-14/h1-4,7-9H,5-6H2. The first-order valence-electron chi connectivity index (χ1n) is 5.87. The van der Waals surface area contributed by atoms with Crippen LogP contribution in [0.2, 0.25) is 0 Å². The number of hydrogen-bond acceptors (Lipinski definition) is 2. The molecule has 82 valence electrons. The molecule has 1 aromatic heterocycles. The Balaban J connectivity index is 2.10. The van der Waals surface area contributed by atoms with Crippen molar-refractivity contribution in [3.8, 4) is 11.1 Å². The lowest BCUT2D eigenvalue weighted by molar-refractivity contribution is 0.952. The Labute approximate surface area is 104 Å². The first kappa shape index (κ1) is 9.37. The molecule has 0 saturated heterocycles. The molecule has 17 heavy (non-hydrogen) atoms. The zero-order valence-corrected chi connectivity index (χ0v) is 10.1. The third kappa shape index (κ3) is 1.28. The molecule has 0 amide bonds. The molecule has 2 heteroatoms. The van der Waals surface area contributed by atoms with E-state index in [1.807, 2.05) is 5.51 Å². The van der Waals surface area contributed by atoms with E-state index in [0.717, 1.165) is 18.4 Å². The maximum atomic E-state index is 4.40. The van der Waals surface area contributed by atoms with Crippen molar-refractivity contribution in [2.75, 3.05) is 0 Å². The second-order valence-corrected chi connectivity index (χ2v) is 5.30. The molecule has 2 aromatic carbocycles. The predicted octanol–water partition coefficient (Wildman–Crippen LogP) is 4.06. The third-order valence-corrected chi connectivity index (χ3v) is 4.46. The van der Waals surface area contributed by atoms with E-state index >= 15 is 0 Å². The summed E-state index contributed by atoms with van der Waals surface area (Å²) < 4.78 is 1.37. The lowest BCUT2D eigenvalue weighted by atomic mass is 9.85. The predicted molar refractivity (Wildman–Crippen MR) is 72.5 cm³/mol. The molecule has 1 heterocycles. The third-order valence-electron chi connectivity index (χ3n) is 3.55. The van der Waals surface area contributed by atoms with E-state index in [9.17, 15) is 0 Å². The Hall–Kier alpha value is -1.67. The molecule has 0 fully saturated rings. The van der Waals surface area contributed by atoms with Crippen LogP contribution in [0.4, 0.5) is 0 Å². The Morgan fingerprint density at radius 1 is 0.941 bits per heavy atom. The Morgan fingerprint density at radius 3 is 2.88 bits per heavy atom. The number of hydrogen-bond donors (Lipinski definition) is 0. The van der Waals surface area contributed by atoms with Gasteiger partial charge >= 0.3 is 0 Å². The molecule has 0 radical (unpaired) electrons. The van der Waals surface area contributed by atoms with Crippen LogP contribution in [0.1, 0.15) is 11.1 Å². The van der Waals surface area contributed by atoms with Gasteiger partial charge in [-0.2, -0.15) is 0 Å². The molecule has 4 rings (SSSR count). The summed E-state index contributed by atoms with van der Waals surface area (Å²) in [6.07, 6.45) is 2.30. The zero-order valence-electron chi connectivity index (χ0n) is 9.31. The highest BCUT2D eigenvalue weighted by Gasteiger charge is 2.18. The van der Waals surface area contributed by atoms with Crippen molar-refractivity contribution in [3.63, 3.8) is 0 Å². The van der Waals surface area contributed by atoms with E-state index in [2.05, 4.69) is 41.4 Å². The van der Waals surface area contributed by atoms with Crippen molar-refractivity contribution in [2.45, 2.75) is 12.8 Å². The van der Waals surface area contributed by atoms with E-state index in [4.69, 9.17) is 0 Å². The molecule has 0 unspecified atom stereocenters. The average molecular weight is 237 g/mol. The highest BCUT2D eigenvalue weighted by molar-refractivity contribution is 7.17. The van der Waals surface area contributed by atoms with Gasteiger partial charge in [0.05, 0.1) is 15.7 Å². The number of thiazole rings is 1. The first-order valence-corrected chi connectivity index (χ1v) is 6.75. The maximum Gasteiger partial charge on any atom is 0.0815 e. The van der Waals surface area contributed by atoms with Gasteiger partial charge in [0.2, 0.25) is 0 Å². The van der Waals surface area contributed by atoms with E-state index in [-0.39, 0.29) is 0 Å². The summed E-state index contributed by atoms with van der Waals surface area (Å²) in [6, 6.07) is 13.1. The van der Waals surface area contributed by atoms with Crippen LogP contribution in [-0.4, -0.2) is 4.98 Å². The van der Waals surface area contributed by atoms with Crippen molar-refractivity contribution < 1.29 is 0 Å². The summed E-state index contributed by atoms with van der Waals surface area (Å²) in [5.41, 5.74) is 8.87. The quantitative estimate of drug-likeness (QED) is 0.574. The molecule has 0 atom stereocenters. The van der Waals surface area contributed by atoms with Crippen LogP contribution in [0, 0.1) is 0 Å². The fraction of sp³-hybridized carbons (Fsp3) is 0.133. The minimum Gasteiger partial charge on any atom is -0.245 e. The largest absolute Gasteiger partial charge is 0.245 e. The number of rotatable bonds is 0. The average Bonchev–Trinajstić information content (AvgIpc) is 2.86. The van der Waals surface area contributed by atoms with E-state index in [0.29, 0.717) is 0 Å². The highest BCUT2D eigenvalue weighted by atomic mass is 32.1. The maximum absolute atomic E-state index is 4.40. The lowest BCUT2D eigenvalue weighted by Gasteiger charge is -2.19. The van der Waals surface area contributed by atoms with Crippen LogP contribution in [0.25, 0.3) is 21.3 Å². The fourth-order valence-electron chi connectivity index (χ4n) is 2.75. The summed E-state index contributed by atoms with van der Waals surface area (Å²) in [5.74, 6) is 0. The fourth-order valence-corrected chi connectivity index (χ4v) is 3.61. The van der Waals surface area contributed by atoms with Crippen molar-refractivity contribution >= 4 is 21.6 Å². The monoisotopic (exact) mass is 237 g/mol. The summed E-state index contributed by atoms with van der Waals surface area (Å²) in [5, 5.41) is 0. The summed E-state index contributed by atoms with van der Waals surface area (Å²) in [7, 11) is 0. The van der Waals surface area contributed by atoms with Crippen molar-refractivity contribution in [3.05, 3.63) is 53.0 Å². The van der Waals surface area contributed by atoms with Gasteiger partial charge in [-0.1, -0.05) is 30.3 Å². The molecule has 0 N–H and O–H groups in total. The molecular formula is C15H11NS. The highest BCUT2D eigenvalue weighted by Crippen LogP contribution is 2.38. The van der Waals surface area contributed by atoms with Crippen LogP contribution in [0.5, 0.6) is 0 Å². The van der Waals surface area contributed by atoms with Crippen molar-refractivity contribution in [1.29, 1.82) is 0 Å². The zero-order chi connectivity index (χ0) is 11.2. The van der Waals surface area contributed by atoms with Crippen LogP contribution in [0.15, 0.2) is 41.9 Å². The topological polar surface area (TPSA) is 12.9 Å². The van der Waals surface area contributed by atoms with E-state index in [1.165, 1.54) is 27.0 Å². The van der Waals surface area contributed by atoms with Gasteiger partial charge in [0.1, 0.15) is 0 Å². The minimum atomic E-state index is 1.14. The van der Waals surface area contributed by atoms with Gasteiger partial charge in [0.25, 0.3) is 0 Å². The Morgan fingerprint density at radius 2 is 1.88 bits per heavy atom. The molecule has 1 aliphatic carbocycles. The van der Waals surface area contributed by atoms with Gasteiger partial charge in [0.15, 0.2) is 0 Å². The number of benzene rings is 2. The number of aryl methyl sites for hydroxylation is 2. The van der Waals surface area contributed by atoms with Crippen molar-refractivity contribution in [1.82, 2.24) is 4.98 Å². The van der Waals surface area contributed by atoms with Crippen LogP contribution in [-0.2, 0) is 12.8 Å². The van der Waals surface area contributed by atoms with Gasteiger partial charge in [-0.05, 0) is 41.2 Å². The number of fused-ring (bicyclic) bond motifs is 5. The van der Waals surface area contributed by atoms with Crippen LogP contribution >= 0.6 is 11.3 Å². The first-order chi connectivity index (χ1) is 8.43. The van der Waals surface area contributed by atoms with Crippen molar-refractivity contribution in [2.24, 2.45) is 0 Å². The van der Waals surface area contributed by atoms with Gasteiger partial charge < -0.3 is 0 Å². The molecule has 0 spiro atoms. The lowest BCUT2D eigenvalue weighted by Crippen LogP contribution is -2.03. The Kier molecular flexibility index (Phi) is 1.88. The molecule has 1 aliphatic rings. The molecule has 3 aromatic rings. The SMILES string of the molecule is c1ccc2c(c1)CCc1c-2ccc2ncsc12. The van der Waals surface area contributed by atoms with Crippen LogP contribution in [0.3, 0.4) is 0 Å². The molecule has 0 saturated carbocycles. The summed E-state index contributed by atoms with van der Waals surface area (Å²) in [6.45, 7) is 0. The second kappa shape index (κ2) is 3.41. The van der Waals surface area contributed by atoms with Gasteiger partial charge in [0, 0.05) is 0 Å². The van der Waals surface area contributed by atoms with Gasteiger partial charge in [-0.3, -0.25) is 0 Å². The molecular weight excluding hydrogens is 226 g/mol. The normalized spacial score (nSPS) is 13.4. The Bertz CT molecular complexity index is 712. The van der Waals surface area contributed by atoms with E-state index in [1.54, 1.807) is 11.3 Å². The smallest absolute Gasteiger partial charge is 0.0815 e. The van der Waals surface area contributed by atoms with Gasteiger partial charge in [-0.25, -0.2) is 4.98 Å². The number of nitrogens with zero attached hydrogens (tertiary/aromatic N) is 1.